The van der Waals surface area contributed by atoms with Crippen molar-refractivity contribution >= 4 is 27.7 Å². The highest BCUT2D eigenvalue weighted by atomic mass is 79.9. The van der Waals surface area contributed by atoms with E-state index in [2.05, 4.69) is 31.5 Å². The highest BCUT2D eigenvalue weighted by molar-refractivity contribution is 9.10. The van der Waals surface area contributed by atoms with E-state index in [1.165, 1.54) is 0 Å². The molecule has 1 aromatic rings. The van der Waals surface area contributed by atoms with Gasteiger partial charge in [-0.3, -0.25) is 4.79 Å². The highest BCUT2D eigenvalue weighted by Gasteiger charge is 2.32. The molecule has 2 heterocycles. The Hall–Kier alpha value is -0.980. The Balaban J connectivity index is 1.85. The Morgan fingerprint density at radius 1 is 1.61 bits per heavy atom. The van der Waals surface area contributed by atoms with Crippen molar-refractivity contribution in [2.75, 3.05) is 25.0 Å². The summed E-state index contributed by atoms with van der Waals surface area (Å²) in [5.74, 6) is 0.360. The van der Waals surface area contributed by atoms with Gasteiger partial charge in [-0.2, -0.15) is 0 Å². The number of hydrogen-bond donors (Lipinski definition) is 2. The van der Waals surface area contributed by atoms with Crippen molar-refractivity contribution in [1.29, 1.82) is 0 Å². The predicted molar refractivity (Wildman–Crippen MR) is 72.5 cm³/mol. The summed E-state index contributed by atoms with van der Waals surface area (Å²) >= 11 is 3.36. The molecule has 0 aromatic carbocycles. The summed E-state index contributed by atoms with van der Waals surface area (Å²) in [6, 6.07) is 3.61. The van der Waals surface area contributed by atoms with Crippen LogP contribution in [0.3, 0.4) is 0 Å². The second-order valence-corrected chi connectivity index (χ2v) is 5.51. The molecule has 2 rings (SSSR count). The standard InChI is InChI=1S/C12H16BrN3O2/c1-8-9(13)3-4-10(15-8)16-11(17)5-18-12(2)6-14-7-12/h3-4,14H,5-7H2,1-2H3,(H,15,16,17). The molecule has 2 N–H and O–H groups in total. The molecule has 0 bridgehead atoms. The zero-order valence-electron chi connectivity index (χ0n) is 10.4. The van der Waals surface area contributed by atoms with Gasteiger partial charge in [0, 0.05) is 17.6 Å². The van der Waals surface area contributed by atoms with Crippen LogP contribution in [-0.4, -0.2) is 36.2 Å². The van der Waals surface area contributed by atoms with Crippen molar-refractivity contribution in [2.45, 2.75) is 19.4 Å². The first-order valence-corrected chi connectivity index (χ1v) is 6.55. The number of halogens is 1. The predicted octanol–water partition coefficient (Wildman–Crippen LogP) is 1.47. The molecule has 1 aromatic heterocycles. The van der Waals surface area contributed by atoms with E-state index in [-0.39, 0.29) is 18.1 Å². The number of ether oxygens (including phenoxy) is 1. The van der Waals surface area contributed by atoms with Gasteiger partial charge in [0.15, 0.2) is 0 Å². The summed E-state index contributed by atoms with van der Waals surface area (Å²) in [7, 11) is 0. The Morgan fingerprint density at radius 3 is 2.89 bits per heavy atom. The number of carbonyl (C=O) groups is 1. The third kappa shape index (κ3) is 3.28. The van der Waals surface area contributed by atoms with Gasteiger partial charge < -0.3 is 15.4 Å². The molecule has 1 aliphatic heterocycles. The largest absolute Gasteiger partial charge is 0.363 e. The molecular formula is C12H16BrN3O2. The molecule has 0 saturated carbocycles. The molecule has 0 spiro atoms. The second kappa shape index (κ2) is 5.34. The maximum absolute atomic E-state index is 11.7. The van der Waals surface area contributed by atoms with Gasteiger partial charge in [-0.25, -0.2) is 4.98 Å². The molecule has 0 aliphatic carbocycles. The topological polar surface area (TPSA) is 63.2 Å². The number of aryl methyl sites for hydroxylation is 1. The number of nitrogens with zero attached hydrogens (tertiary/aromatic N) is 1. The van der Waals surface area contributed by atoms with Gasteiger partial charge in [0.2, 0.25) is 0 Å². The number of anilines is 1. The molecule has 1 amide bonds. The first-order chi connectivity index (χ1) is 8.48. The molecule has 6 heteroatoms. The van der Waals surface area contributed by atoms with E-state index in [9.17, 15) is 4.79 Å². The SMILES string of the molecule is Cc1nc(NC(=O)COC2(C)CNC2)ccc1Br. The van der Waals surface area contributed by atoms with Crippen LogP contribution in [0.4, 0.5) is 5.82 Å². The normalized spacial score (nSPS) is 17.1. The molecule has 5 nitrogen and oxygen atoms in total. The van der Waals surface area contributed by atoms with E-state index >= 15 is 0 Å². The lowest BCUT2D eigenvalue weighted by atomic mass is 10.0. The Morgan fingerprint density at radius 2 is 2.33 bits per heavy atom. The summed E-state index contributed by atoms with van der Waals surface area (Å²) < 4.78 is 6.46. The minimum Gasteiger partial charge on any atom is -0.363 e. The van der Waals surface area contributed by atoms with Crippen LogP contribution in [0.15, 0.2) is 16.6 Å². The molecule has 1 aliphatic rings. The summed E-state index contributed by atoms with van der Waals surface area (Å²) in [5, 5.41) is 5.83. The first kappa shape index (κ1) is 13.5. The van der Waals surface area contributed by atoms with Crippen LogP contribution in [0.25, 0.3) is 0 Å². The van der Waals surface area contributed by atoms with E-state index in [1.807, 2.05) is 19.9 Å². The Bertz CT molecular complexity index is 461. The molecule has 1 fully saturated rings. The van der Waals surface area contributed by atoms with Gasteiger partial charge in [-0.05, 0) is 41.9 Å². The molecular weight excluding hydrogens is 298 g/mol. The van der Waals surface area contributed by atoms with E-state index in [0.717, 1.165) is 23.3 Å². The average molecular weight is 314 g/mol. The lowest BCUT2D eigenvalue weighted by Gasteiger charge is -2.38. The summed E-state index contributed by atoms with van der Waals surface area (Å²) in [5.41, 5.74) is 0.629. The van der Waals surface area contributed by atoms with E-state index < -0.39 is 0 Å². The number of hydrogen-bond acceptors (Lipinski definition) is 4. The van der Waals surface area contributed by atoms with Crippen molar-refractivity contribution < 1.29 is 9.53 Å². The molecule has 0 unspecified atom stereocenters. The van der Waals surface area contributed by atoms with Gasteiger partial charge in [0.25, 0.3) is 5.91 Å². The number of carbonyl (C=O) groups excluding carboxylic acids is 1. The fourth-order valence-electron chi connectivity index (χ4n) is 1.61. The number of pyridine rings is 1. The fourth-order valence-corrected chi connectivity index (χ4v) is 1.83. The maximum atomic E-state index is 11.7. The van der Waals surface area contributed by atoms with E-state index in [4.69, 9.17) is 4.74 Å². The van der Waals surface area contributed by atoms with Crippen molar-refractivity contribution in [2.24, 2.45) is 0 Å². The summed E-state index contributed by atoms with van der Waals surface area (Å²) in [4.78, 5) is 15.9. The van der Waals surface area contributed by atoms with Crippen molar-refractivity contribution in [1.82, 2.24) is 10.3 Å². The summed E-state index contributed by atoms with van der Waals surface area (Å²) in [6.45, 7) is 5.48. The lowest BCUT2D eigenvalue weighted by Crippen LogP contribution is -2.59. The van der Waals surface area contributed by atoms with Gasteiger partial charge in [0.1, 0.15) is 12.4 Å². The highest BCUT2D eigenvalue weighted by Crippen LogP contribution is 2.17. The van der Waals surface area contributed by atoms with Crippen LogP contribution in [-0.2, 0) is 9.53 Å². The average Bonchev–Trinajstić information content (AvgIpc) is 2.29. The van der Waals surface area contributed by atoms with Gasteiger partial charge >= 0.3 is 0 Å². The third-order valence-electron chi connectivity index (χ3n) is 2.84. The first-order valence-electron chi connectivity index (χ1n) is 5.76. The molecule has 0 atom stereocenters. The van der Waals surface area contributed by atoms with Crippen LogP contribution < -0.4 is 10.6 Å². The molecule has 18 heavy (non-hydrogen) atoms. The number of nitrogens with one attached hydrogen (secondary N) is 2. The fraction of sp³-hybridized carbons (Fsp3) is 0.500. The van der Waals surface area contributed by atoms with Crippen molar-refractivity contribution in [3.63, 3.8) is 0 Å². The number of amides is 1. The molecule has 1 saturated heterocycles. The molecule has 0 radical (unpaired) electrons. The van der Waals surface area contributed by atoms with E-state index in [0.29, 0.717) is 5.82 Å². The van der Waals surface area contributed by atoms with Crippen LogP contribution in [0.5, 0.6) is 0 Å². The zero-order valence-corrected chi connectivity index (χ0v) is 12.0. The second-order valence-electron chi connectivity index (χ2n) is 4.65. The summed E-state index contributed by atoms with van der Waals surface area (Å²) in [6.07, 6.45) is 0. The smallest absolute Gasteiger partial charge is 0.251 e. The Kier molecular flexibility index (Phi) is 3.99. The minimum absolute atomic E-state index is 0.0506. The van der Waals surface area contributed by atoms with Crippen LogP contribution in [0.1, 0.15) is 12.6 Å². The molecule has 98 valence electrons. The van der Waals surface area contributed by atoms with Crippen LogP contribution in [0.2, 0.25) is 0 Å². The third-order valence-corrected chi connectivity index (χ3v) is 3.68. The van der Waals surface area contributed by atoms with E-state index in [1.54, 1.807) is 6.07 Å². The Labute approximate surface area is 114 Å². The zero-order chi connectivity index (χ0) is 13.2. The number of aromatic nitrogens is 1. The monoisotopic (exact) mass is 313 g/mol. The lowest BCUT2D eigenvalue weighted by molar-refractivity contribution is -0.130. The van der Waals surface area contributed by atoms with Gasteiger partial charge in [0.05, 0.1) is 11.3 Å². The quantitative estimate of drug-likeness (QED) is 0.883. The minimum atomic E-state index is -0.208. The van der Waals surface area contributed by atoms with Crippen LogP contribution >= 0.6 is 15.9 Å². The van der Waals surface area contributed by atoms with Crippen molar-refractivity contribution in [3.05, 3.63) is 22.3 Å². The van der Waals surface area contributed by atoms with Crippen molar-refractivity contribution in [3.8, 4) is 0 Å². The number of rotatable bonds is 4. The van der Waals surface area contributed by atoms with Crippen LogP contribution in [0, 0.1) is 6.92 Å². The maximum Gasteiger partial charge on any atom is 0.251 e. The van der Waals surface area contributed by atoms with Gasteiger partial charge in [-0.15, -0.1) is 0 Å². The van der Waals surface area contributed by atoms with Gasteiger partial charge in [-0.1, -0.05) is 0 Å².